The van der Waals surface area contributed by atoms with Crippen molar-refractivity contribution in [2.75, 3.05) is 20.1 Å². The Bertz CT molecular complexity index is 270. The first kappa shape index (κ1) is 16.4. The highest BCUT2D eigenvalue weighted by atomic mass is 16.2. The van der Waals surface area contributed by atoms with Crippen molar-refractivity contribution in [1.82, 2.24) is 15.5 Å². The molecule has 0 aromatic carbocycles. The van der Waals surface area contributed by atoms with Crippen LogP contribution in [0.3, 0.4) is 0 Å². The quantitative estimate of drug-likeness (QED) is 0.740. The van der Waals surface area contributed by atoms with Crippen molar-refractivity contribution in [3.05, 3.63) is 0 Å². The lowest BCUT2D eigenvalue weighted by molar-refractivity contribution is -0.123. The van der Waals surface area contributed by atoms with E-state index in [0.717, 1.165) is 19.4 Å². The van der Waals surface area contributed by atoms with Crippen LogP contribution in [-0.2, 0) is 4.79 Å². The minimum absolute atomic E-state index is 0.102. The predicted octanol–water partition coefficient (Wildman–Crippen LogP) is 1.75. The summed E-state index contributed by atoms with van der Waals surface area (Å²) in [4.78, 5) is 14.4. The Kier molecular flexibility index (Phi) is 7.39. The minimum Gasteiger partial charge on any atom is -0.352 e. The molecule has 0 bridgehead atoms. The standard InChI is InChI=1S/C15H31N3O/c1-5-8-12(2)17-15(19)13(3)16-11-14-9-6-7-10-18(14)4/h12-14,16H,5-11H2,1-4H3,(H,17,19). The maximum atomic E-state index is 12.0. The van der Waals surface area contributed by atoms with Crippen molar-refractivity contribution < 1.29 is 4.79 Å². The fourth-order valence-corrected chi connectivity index (χ4v) is 2.68. The second-order valence-electron chi connectivity index (χ2n) is 5.96. The number of likely N-dealkylation sites (tertiary alicyclic amines) is 1. The van der Waals surface area contributed by atoms with E-state index in [1.54, 1.807) is 0 Å². The summed E-state index contributed by atoms with van der Waals surface area (Å²) in [5.41, 5.74) is 0. The van der Waals surface area contributed by atoms with Gasteiger partial charge in [0.25, 0.3) is 0 Å². The van der Waals surface area contributed by atoms with Crippen LogP contribution in [-0.4, -0.2) is 49.1 Å². The molecule has 0 saturated carbocycles. The van der Waals surface area contributed by atoms with E-state index in [0.29, 0.717) is 6.04 Å². The highest BCUT2D eigenvalue weighted by molar-refractivity contribution is 5.81. The third kappa shape index (κ3) is 5.91. The van der Waals surface area contributed by atoms with Crippen LogP contribution < -0.4 is 10.6 Å². The van der Waals surface area contributed by atoms with Gasteiger partial charge in [-0.3, -0.25) is 4.79 Å². The Labute approximate surface area is 118 Å². The number of hydrogen-bond donors (Lipinski definition) is 2. The lowest BCUT2D eigenvalue weighted by Gasteiger charge is -2.33. The molecule has 0 spiro atoms. The van der Waals surface area contributed by atoms with Crippen molar-refractivity contribution in [3.8, 4) is 0 Å². The fourth-order valence-electron chi connectivity index (χ4n) is 2.68. The normalized spacial score (nSPS) is 23.9. The van der Waals surface area contributed by atoms with Crippen LogP contribution >= 0.6 is 0 Å². The van der Waals surface area contributed by atoms with E-state index >= 15 is 0 Å². The zero-order chi connectivity index (χ0) is 14.3. The molecule has 3 unspecified atom stereocenters. The van der Waals surface area contributed by atoms with Crippen molar-refractivity contribution in [1.29, 1.82) is 0 Å². The summed E-state index contributed by atoms with van der Waals surface area (Å²) in [6.07, 6.45) is 6.01. The third-order valence-electron chi connectivity index (χ3n) is 4.08. The Balaban J connectivity index is 2.25. The summed E-state index contributed by atoms with van der Waals surface area (Å²) >= 11 is 0. The SMILES string of the molecule is CCCC(C)NC(=O)C(C)NCC1CCCCN1C. The average Bonchev–Trinajstić information content (AvgIpc) is 2.37. The summed E-state index contributed by atoms with van der Waals surface area (Å²) in [7, 11) is 2.18. The second kappa shape index (κ2) is 8.54. The van der Waals surface area contributed by atoms with E-state index < -0.39 is 0 Å². The smallest absolute Gasteiger partial charge is 0.237 e. The number of amides is 1. The third-order valence-corrected chi connectivity index (χ3v) is 4.08. The maximum absolute atomic E-state index is 12.0. The molecule has 2 N–H and O–H groups in total. The summed E-state index contributed by atoms with van der Waals surface area (Å²) < 4.78 is 0. The van der Waals surface area contributed by atoms with Gasteiger partial charge in [0.15, 0.2) is 0 Å². The molecule has 112 valence electrons. The molecule has 0 aromatic rings. The largest absolute Gasteiger partial charge is 0.352 e. The number of nitrogens with zero attached hydrogens (tertiary/aromatic N) is 1. The molecule has 19 heavy (non-hydrogen) atoms. The van der Waals surface area contributed by atoms with Crippen molar-refractivity contribution in [3.63, 3.8) is 0 Å². The van der Waals surface area contributed by atoms with E-state index in [4.69, 9.17) is 0 Å². The van der Waals surface area contributed by atoms with Gasteiger partial charge in [0, 0.05) is 18.6 Å². The van der Waals surface area contributed by atoms with E-state index in [9.17, 15) is 4.79 Å². The molecule has 1 aliphatic heterocycles. The van der Waals surface area contributed by atoms with Gasteiger partial charge in [-0.15, -0.1) is 0 Å². The molecule has 1 aliphatic rings. The molecule has 3 atom stereocenters. The van der Waals surface area contributed by atoms with E-state index in [1.165, 1.54) is 25.8 Å². The topological polar surface area (TPSA) is 44.4 Å². The number of nitrogens with one attached hydrogen (secondary N) is 2. The van der Waals surface area contributed by atoms with Gasteiger partial charge in [0.2, 0.25) is 5.91 Å². The fraction of sp³-hybridized carbons (Fsp3) is 0.933. The van der Waals surface area contributed by atoms with Gasteiger partial charge in [0.05, 0.1) is 6.04 Å². The second-order valence-corrected chi connectivity index (χ2v) is 5.96. The van der Waals surface area contributed by atoms with Gasteiger partial charge < -0.3 is 15.5 Å². The molecule has 0 radical (unpaired) electrons. The molecule has 1 heterocycles. The number of hydrogen-bond acceptors (Lipinski definition) is 3. The van der Waals surface area contributed by atoms with Crippen LogP contribution in [0.25, 0.3) is 0 Å². The molecule has 0 aromatic heterocycles. The van der Waals surface area contributed by atoms with Crippen LogP contribution in [0.1, 0.15) is 52.9 Å². The minimum atomic E-state index is -0.102. The maximum Gasteiger partial charge on any atom is 0.237 e. The first-order valence-corrected chi connectivity index (χ1v) is 7.78. The van der Waals surface area contributed by atoms with E-state index in [1.807, 2.05) is 6.92 Å². The Hall–Kier alpha value is -0.610. The molecule has 4 nitrogen and oxygen atoms in total. The lowest BCUT2D eigenvalue weighted by atomic mass is 10.0. The monoisotopic (exact) mass is 269 g/mol. The Morgan fingerprint density at radius 3 is 2.74 bits per heavy atom. The summed E-state index contributed by atoms with van der Waals surface area (Å²) in [5, 5.41) is 6.44. The zero-order valence-electron chi connectivity index (χ0n) is 13.0. The van der Waals surface area contributed by atoms with Gasteiger partial charge in [-0.25, -0.2) is 0 Å². The van der Waals surface area contributed by atoms with Crippen LogP contribution in [0.2, 0.25) is 0 Å². The molecule has 1 amide bonds. The first-order valence-electron chi connectivity index (χ1n) is 7.78. The Morgan fingerprint density at radius 2 is 2.11 bits per heavy atom. The average molecular weight is 269 g/mol. The number of piperidine rings is 1. The van der Waals surface area contributed by atoms with E-state index in [2.05, 4.69) is 36.4 Å². The van der Waals surface area contributed by atoms with Crippen molar-refractivity contribution in [2.24, 2.45) is 0 Å². The highest BCUT2D eigenvalue weighted by Gasteiger charge is 2.21. The van der Waals surface area contributed by atoms with Crippen LogP contribution in [0, 0.1) is 0 Å². The van der Waals surface area contributed by atoms with Gasteiger partial charge in [-0.05, 0) is 46.7 Å². The zero-order valence-corrected chi connectivity index (χ0v) is 13.0. The molecule has 1 saturated heterocycles. The number of carbonyl (C=O) groups excluding carboxylic acids is 1. The summed E-state index contributed by atoms with van der Waals surface area (Å²) in [6.45, 7) is 8.26. The molecular formula is C15H31N3O. The molecule has 4 heteroatoms. The lowest BCUT2D eigenvalue weighted by Crippen LogP contribution is -2.50. The van der Waals surface area contributed by atoms with E-state index in [-0.39, 0.29) is 18.0 Å². The van der Waals surface area contributed by atoms with Crippen molar-refractivity contribution >= 4 is 5.91 Å². The van der Waals surface area contributed by atoms with Gasteiger partial charge >= 0.3 is 0 Å². The number of rotatable bonds is 7. The van der Waals surface area contributed by atoms with Crippen LogP contribution in [0.5, 0.6) is 0 Å². The molecule has 0 aliphatic carbocycles. The predicted molar refractivity (Wildman–Crippen MR) is 80.2 cm³/mol. The van der Waals surface area contributed by atoms with Crippen molar-refractivity contribution in [2.45, 2.75) is 71.0 Å². The highest BCUT2D eigenvalue weighted by Crippen LogP contribution is 2.14. The van der Waals surface area contributed by atoms with Gasteiger partial charge in [-0.2, -0.15) is 0 Å². The van der Waals surface area contributed by atoms with Gasteiger partial charge in [0.1, 0.15) is 0 Å². The summed E-state index contributed by atoms with van der Waals surface area (Å²) in [5.74, 6) is 0.124. The van der Waals surface area contributed by atoms with Crippen LogP contribution in [0.4, 0.5) is 0 Å². The molecule has 1 fully saturated rings. The molecular weight excluding hydrogens is 238 g/mol. The first-order chi connectivity index (χ1) is 9.04. The number of carbonyl (C=O) groups is 1. The number of likely N-dealkylation sites (N-methyl/N-ethyl adjacent to an activating group) is 1. The van der Waals surface area contributed by atoms with Gasteiger partial charge in [-0.1, -0.05) is 19.8 Å². The summed E-state index contributed by atoms with van der Waals surface area (Å²) in [6, 6.07) is 0.755. The molecule has 1 rings (SSSR count). The Morgan fingerprint density at radius 1 is 1.37 bits per heavy atom. The van der Waals surface area contributed by atoms with Crippen LogP contribution in [0.15, 0.2) is 0 Å².